The molecule has 0 aromatic heterocycles. The molecular formula is C16H27N3. The van der Waals surface area contributed by atoms with Crippen molar-refractivity contribution < 1.29 is 0 Å². The molecule has 0 saturated carbocycles. The van der Waals surface area contributed by atoms with Crippen molar-refractivity contribution in [1.29, 1.82) is 0 Å². The van der Waals surface area contributed by atoms with Crippen LogP contribution in [0.5, 0.6) is 0 Å². The number of hydrogen-bond acceptors (Lipinski definition) is 3. The molecular weight excluding hydrogens is 234 g/mol. The summed E-state index contributed by atoms with van der Waals surface area (Å²) in [6, 6.07) is 9.41. The highest BCUT2D eigenvalue weighted by Crippen LogP contribution is 2.17. The third-order valence-electron chi connectivity index (χ3n) is 4.17. The molecule has 2 N–H and O–H groups in total. The molecule has 0 amide bonds. The smallest absolute Gasteiger partial charge is 0.0234 e. The predicted octanol–water partition coefficient (Wildman–Crippen LogP) is 1.71. The quantitative estimate of drug-likeness (QED) is 0.846. The standard InChI is InChI=1S/C16H27N3/c1-18(13-16-8-5-11-19(16)2)12-15-7-4-3-6-14(15)9-10-17/h3-4,6-7,16H,5,8-13,17H2,1-2H3. The zero-order valence-electron chi connectivity index (χ0n) is 12.3. The first-order chi connectivity index (χ1) is 9.20. The van der Waals surface area contributed by atoms with Crippen molar-refractivity contribution in [3.8, 4) is 0 Å². The lowest BCUT2D eigenvalue weighted by atomic mass is 10.0. The van der Waals surface area contributed by atoms with Gasteiger partial charge in [-0.05, 0) is 57.6 Å². The lowest BCUT2D eigenvalue weighted by molar-refractivity contribution is 0.215. The van der Waals surface area contributed by atoms with Crippen molar-refractivity contribution in [1.82, 2.24) is 9.80 Å². The second kappa shape index (κ2) is 7.04. The molecule has 0 spiro atoms. The summed E-state index contributed by atoms with van der Waals surface area (Å²) < 4.78 is 0. The van der Waals surface area contributed by atoms with Gasteiger partial charge in [-0.15, -0.1) is 0 Å². The fraction of sp³-hybridized carbons (Fsp3) is 0.625. The van der Waals surface area contributed by atoms with E-state index in [2.05, 4.69) is 48.2 Å². The summed E-state index contributed by atoms with van der Waals surface area (Å²) in [6.07, 6.45) is 3.66. The SMILES string of the molecule is CN(Cc1ccccc1CCN)CC1CCCN1C. The van der Waals surface area contributed by atoms with Crippen LogP contribution in [-0.2, 0) is 13.0 Å². The van der Waals surface area contributed by atoms with Gasteiger partial charge in [-0.3, -0.25) is 0 Å². The number of nitrogens with zero attached hydrogens (tertiary/aromatic N) is 2. The van der Waals surface area contributed by atoms with E-state index >= 15 is 0 Å². The van der Waals surface area contributed by atoms with Crippen LogP contribution >= 0.6 is 0 Å². The topological polar surface area (TPSA) is 32.5 Å². The van der Waals surface area contributed by atoms with Crippen LogP contribution in [0.15, 0.2) is 24.3 Å². The second-order valence-corrected chi connectivity index (χ2v) is 5.78. The molecule has 1 aromatic carbocycles. The minimum atomic E-state index is 0.728. The van der Waals surface area contributed by atoms with Gasteiger partial charge in [0.05, 0.1) is 0 Å². The van der Waals surface area contributed by atoms with Crippen molar-refractivity contribution in [3.63, 3.8) is 0 Å². The Morgan fingerprint density at radius 1 is 1.32 bits per heavy atom. The highest BCUT2D eigenvalue weighted by atomic mass is 15.2. The van der Waals surface area contributed by atoms with Crippen LogP contribution in [0.3, 0.4) is 0 Å². The summed E-state index contributed by atoms with van der Waals surface area (Å²) in [5.41, 5.74) is 8.52. The van der Waals surface area contributed by atoms with Crippen molar-refractivity contribution in [2.24, 2.45) is 5.73 Å². The monoisotopic (exact) mass is 261 g/mol. The number of likely N-dealkylation sites (N-methyl/N-ethyl adjacent to an activating group) is 2. The Kier molecular flexibility index (Phi) is 5.37. The van der Waals surface area contributed by atoms with E-state index in [0.717, 1.165) is 32.1 Å². The maximum atomic E-state index is 5.69. The van der Waals surface area contributed by atoms with Gasteiger partial charge in [0.2, 0.25) is 0 Å². The van der Waals surface area contributed by atoms with Crippen LogP contribution in [0.2, 0.25) is 0 Å². The van der Waals surface area contributed by atoms with Gasteiger partial charge in [0, 0.05) is 19.1 Å². The van der Waals surface area contributed by atoms with E-state index < -0.39 is 0 Å². The molecule has 19 heavy (non-hydrogen) atoms. The number of rotatable bonds is 6. The van der Waals surface area contributed by atoms with E-state index in [1.54, 1.807) is 0 Å². The minimum Gasteiger partial charge on any atom is -0.330 e. The molecule has 106 valence electrons. The molecule has 1 unspecified atom stereocenters. The highest BCUT2D eigenvalue weighted by molar-refractivity contribution is 5.27. The lowest BCUT2D eigenvalue weighted by Crippen LogP contribution is -2.36. The summed E-state index contributed by atoms with van der Waals surface area (Å²) >= 11 is 0. The molecule has 1 atom stereocenters. The maximum Gasteiger partial charge on any atom is 0.0234 e. The molecule has 1 aromatic rings. The Balaban J connectivity index is 1.92. The molecule has 1 fully saturated rings. The summed E-state index contributed by atoms with van der Waals surface area (Å²) in [7, 11) is 4.47. The van der Waals surface area contributed by atoms with Crippen LogP contribution in [0.4, 0.5) is 0 Å². The van der Waals surface area contributed by atoms with Crippen molar-refractivity contribution >= 4 is 0 Å². The van der Waals surface area contributed by atoms with Gasteiger partial charge in [0.15, 0.2) is 0 Å². The Morgan fingerprint density at radius 3 is 2.68 bits per heavy atom. The Hall–Kier alpha value is -0.900. The molecule has 1 aliphatic rings. The summed E-state index contributed by atoms with van der Waals surface area (Å²) in [5, 5.41) is 0. The largest absolute Gasteiger partial charge is 0.330 e. The van der Waals surface area contributed by atoms with Crippen LogP contribution < -0.4 is 5.73 Å². The zero-order valence-corrected chi connectivity index (χ0v) is 12.3. The van der Waals surface area contributed by atoms with E-state index in [1.807, 2.05) is 0 Å². The average Bonchev–Trinajstić information content (AvgIpc) is 2.78. The van der Waals surface area contributed by atoms with Gasteiger partial charge < -0.3 is 15.5 Å². The van der Waals surface area contributed by atoms with Gasteiger partial charge in [-0.2, -0.15) is 0 Å². The third kappa shape index (κ3) is 4.03. The van der Waals surface area contributed by atoms with E-state index in [-0.39, 0.29) is 0 Å². The molecule has 0 aliphatic carbocycles. The predicted molar refractivity (Wildman–Crippen MR) is 81.2 cm³/mol. The fourth-order valence-corrected chi connectivity index (χ4v) is 3.04. The molecule has 0 bridgehead atoms. The van der Waals surface area contributed by atoms with E-state index in [1.165, 1.54) is 30.5 Å². The van der Waals surface area contributed by atoms with Gasteiger partial charge in [-0.1, -0.05) is 24.3 Å². The molecule has 1 saturated heterocycles. The van der Waals surface area contributed by atoms with Crippen LogP contribution in [0.25, 0.3) is 0 Å². The van der Waals surface area contributed by atoms with Gasteiger partial charge in [0.1, 0.15) is 0 Å². The van der Waals surface area contributed by atoms with Crippen molar-refractivity contribution in [2.45, 2.75) is 31.8 Å². The number of nitrogens with two attached hydrogens (primary N) is 1. The van der Waals surface area contributed by atoms with E-state index in [9.17, 15) is 0 Å². The van der Waals surface area contributed by atoms with E-state index in [4.69, 9.17) is 5.73 Å². The van der Waals surface area contributed by atoms with Crippen LogP contribution in [0.1, 0.15) is 24.0 Å². The first kappa shape index (κ1) is 14.5. The third-order valence-corrected chi connectivity index (χ3v) is 4.17. The molecule has 0 radical (unpaired) electrons. The number of benzene rings is 1. The zero-order chi connectivity index (χ0) is 13.7. The first-order valence-corrected chi connectivity index (χ1v) is 7.36. The van der Waals surface area contributed by atoms with Gasteiger partial charge in [-0.25, -0.2) is 0 Å². The van der Waals surface area contributed by atoms with Crippen molar-refractivity contribution in [3.05, 3.63) is 35.4 Å². The number of likely N-dealkylation sites (tertiary alicyclic amines) is 1. The van der Waals surface area contributed by atoms with Gasteiger partial charge >= 0.3 is 0 Å². The Labute approximate surface area is 117 Å². The number of hydrogen-bond donors (Lipinski definition) is 1. The van der Waals surface area contributed by atoms with E-state index in [0.29, 0.717) is 0 Å². The maximum absolute atomic E-state index is 5.69. The lowest BCUT2D eigenvalue weighted by Gasteiger charge is -2.26. The summed E-state index contributed by atoms with van der Waals surface area (Å²) in [4.78, 5) is 4.93. The first-order valence-electron chi connectivity index (χ1n) is 7.36. The Morgan fingerprint density at radius 2 is 2.05 bits per heavy atom. The highest BCUT2D eigenvalue weighted by Gasteiger charge is 2.22. The second-order valence-electron chi connectivity index (χ2n) is 5.78. The Bertz CT molecular complexity index is 391. The fourth-order valence-electron chi connectivity index (χ4n) is 3.04. The molecule has 3 heteroatoms. The minimum absolute atomic E-state index is 0.728. The molecule has 1 aliphatic heterocycles. The summed E-state index contributed by atoms with van der Waals surface area (Å²) in [6.45, 7) is 4.17. The summed E-state index contributed by atoms with van der Waals surface area (Å²) in [5.74, 6) is 0. The van der Waals surface area contributed by atoms with Gasteiger partial charge in [0.25, 0.3) is 0 Å². The normalized spacial score (nSPS) is 20.3. The molecule has 3 nitrogen and oxygen atoms in total. The molecule has 1 heterocycles. The van der Waals surface area contributed by atoms with Crippen molar-refractivity contribution in [2.75, 3.05) is 33.7 Å². The molecule has 2 rings (SSSR count). The van der Waals surface area contributed by atoms with Crippen LogP contribution in [0, 0.1) is 0 Å². The van der Waals surface area contributed by atoms with Crippen LogP contribution in [-0.4, -0.2) is 49.6 Å². The average molecular weight is 261 g/mol.